The van der Waals surface area contributed by atoms with Crippen molar-refractivity contribution in [3.05, 3.63) is 40.5 Å². The quantitative estimate of drug-likeness (QED) is 0.746. The van der Waals surface area contributed by atoms with E-state index in [9.17, 15) is 4.79 Å². The van der Waals surface area contributed by atoms with Gasteiger partial charge in [-0.05, 0) is 45.7 Å². The lowest BCUT2D eigenvalue weighted by Gasteiger charge is -2.26. The lowest BCUT2D eigenvalue weighted by atomic mass is 10.0. The van der Waals surface area contributed by atoms with E-state index in [1.165, 1.54) is 5.56 Å². The first kappa shape index (κ1) is 19.7. The Morgan fingerprint density at radius 1 is 1.19 bits per heavy atom. The van der Waals surface area contributed by atoms with Gasteiger partial charge in [0.1, 0.15) is 5.60 Å². The summed E-state index contributed by atoms with van der Waals surface area (Å²) in [5.74, 6) is 0. The predicted molar refractivity (Wildman–Crippen MR) is 108 cm³/mol. The predicted octanol–water partition coefficient (Wildman–Crippen LogP) is 4.95. The zero-order valence-electron chi connectivity index (χ0n) is 16.6. The summed E-state index contributed by atoms with van der Waals surface area (Å²) in [6.45, 7) is 9.98. The van der Waals surface area contributed by atoms with Gasteiger partial charge in [0.05, 0.1) is 11.4 Å². The van der Waals surface area contributed by atoms with E-state index in [1.807, 2.05) is 45.0 Å². The number of hydrogen-bond acceptors (Lipinski definition) is 3. The molecule has 1 aromatic heterocycles. The molecule has 1 amide bonds. The number of aromatic nitrogens is 2. The Hall–Kier alpha value is -2.01. The fourth-order valence-corrected chi connectivity index (χ4v) is 3.55. The van der Waals surface area contributed by atoms with Crippen LogP contribution in [0.3, 0.4) is 0 Å². The Labute approximate surface area is 166 Å². The van der Waals surface area contributed by atoms with Gasteiger partial charge in [-0.25, -0.2) is 4.79 Å². The summed E-state index contributed by atoms with van der Waals surface area (Å²) < 4.78 is 7.65. The standard InChI is InChI=1S/C21H28ClN3O2/c1-5-12-25-19(15-6-8-16(22)9-7-15)17-10-13-24(14-11-18(17)23-25)20(26)27-21(2,3)4/h6-9H,5,10-14H2,1-4H3. The number of carbonyl (C=O) groups is 1. The number of carbonyl (C=O) groups excluding carboxylic acids is 1. The molecule has 0 spiro atoms. The number of nitrogens with zero attached hydrogens (tertiary/aromatic N) is 3. The van der Waals surface area contributed by atoms with Gasteiger partial charge in [0, 0.05) is 42.2 Å². The summed E-state index contributed by atoms with van der Waals surface area (Å²) >= 11 is 6.07. The van der Waals surface area contributed by atoms with E-state index in [-0.39, 0.29) is 6.09 Å². The van der Waals surface area contributed by atoms with Crippen LogP contribution in [0.4, 0.5) is 4.79 Å². The highest BCUT2D eigenvalue weighted by atomic mass is 35.5. The maximum atomic E-state index is 12.5. The molecule has 27 heavy (non-hydrogen) atoms. The first-order valence-electron chi connectivity index (χ1n) is 9.61. The fraction of sp³-hybridized carbons (Fsp3) is 0.524. The van der Waals surface area contributed by atoms with Gasteiger partial charge in [-0.15, -0.1) is 0 Å². The molecule has 0 atom stereocenters. The highest BCUT2D eigenvalue weighted by Gasteiger charge is 2.27. The van der Waals surface area contributed by atoms with Gasteiger partial charge in [0.15, 0.2) is 0 Å². The minimum Gasteiger partial charge on any atom is -0.444 e. The van der Waals surface area contributed by atoms with Crippen LogP contribution in [0.15, 0.2) is 24.3 Å². The van der Waals surface area contributed by atoms with E-state index >= 15 is 0 Å². The van der Waals surface area contributed by atoms with E-state index in [1.54, 1.807) is 4.90 Å². The Morgan fingerprint density at radius 3 is 2.48 bits per heavy atom. The largest absolute Gasteiger partial charge is 0.444 e. The number of fused-ring (bicyclic) bond motifs is 1. The molecule has 0 saturated carbocycles. The van der Waals surface area contributed by atoms with Crippen molar-refractivity contribution in [1.82, 2.24) is 14.7 Å². The van der Waals surface area contributed by atoms with Gasteiger partial charge in [-0.2, -0.15) is 5.10 Å². The minimum absolute atomic E-state index is 0.248. The molecule has 146 valence electrons. The number of ether oxygens (including phenoxy) is 1. The van der Waals surface area contributed by atoms with Crippen LogP contribution in [-0.2, 0) is 24.1 Å². The van der Waals surface area contributed by atoms with Crippen molar-refractivity contribution in [1.29, 1.82) is 0 Å². The maximum absolute atomic E-state index is 12.5. The second kappa shape index (κ2) is 7.93. The first-order chi connectivity index (χ1) is 12.8. The van der Waals surface area contributed by atoms with Crippen LogP contribution in [0.2, 0.25) is 5.02 Å². The first-order valence-corrected chi connectivity index (χ1v) is 9.98. The normalized spacial score (nSPS) is 14.6. The van der Waals surface area contributed by atoms with Crippen LogP contribution in [0, 0.1) is 0 Å². The van der Waals surface area contributed by atoms with Gasteiger partial charge >= 0.3 is 6.09 Å². The molecule has 1 aromatic carbocycles. The molecule has 2 aromatic rings. The van der Waals surface area contributed by atoms with E-state index < -0.39 is 5.60 Å². The van der Waals surface area contributed by atoms with Crippen molar-refractivity contribution in [2.24, 2.45) is 0 Å². The van der Waals surface area contributed by atoms with Crippen molar-refractivity contribution in [3.8, 4) is 11.3 Å². The van der Waals surface area contributed by atoms with Gasteiger partial charge in [0.25, 0.3) is 0 Å². The van der Waals surface area contributed by atoms with Crippen LogP contribution in [0.5, 0.6) is 0 Å². The van der Waals surface area contributed by atoms with Crippen molar-refractivity contribution in [3.63, 3.8) is 0 Å². The van der Waals surface area contributed by atoms with Crippen LogP contribution in [-0.4, -0.2) is 39.5 Å². The summed E-state index contributed by atoms with van der Waals surface area (Å²) in [6, 6.07) is 7.91. The maximum Gasteiger partial charge on any atom is 0.410 e. The van der Waals surface area contributed by atoms with E-state index in [0.29, 0.717) is 13.1 Å². The van der Waals surface area contributed by atoms with Crippen LogP contribution in [0.1, 0.15) is 45.4 Å². The van der Waals surface area contributed by atoms with Gasteiger partial charge < -0.3 is 9.64 Å². The lowest BCUT2D eigenvalue weighted by Crippen LogP contribution is -2.38. The molecule has 1 aliphatic rings. The van der Waals surface area contributed by atoms with Gasteiger partial charge in [0.2, 0.25) is 0 Å². The Balaban J connectivity index is 1.88. The zero-order valence-corrected chi connectivity index (χ0v) is 17.3. The van der Waals surface area contributed by atoms with E-state index in [2.05, 4.69) is 11.6 Å². The Bertz CT molecular complexity index is 806. The number of aryl methyl sites for hydroxylation is 1. The molecule has 0 unspecified atom stereocenters. The van der Waals surface area contributed by atoms with Crippen LogP contribution < -0.4 is 0 Å². The molecular formula is C21H28ClN3O2. The average Bonchev–Trinajstić information content (AvgIpc) is 2.78. The minimum atomic E-state index is -0.484. The number of halogens is 1. The summed E-state index contributed by atoms with van der Waals surface area (Å²) in [4.78, 5) is 14.3. The van der Waals surface area contributed by atoms with Crippen LogP contribution in [0.25, 0.3) is 11.3 Å². The third-order valence-corrected chi connectivity index (χ3v) is 4.84. The fourth-order valence-electron chi connectivity index (χ4n) is 3.43. The molecule has 1 aliphatic heterocycles. The molecule has 0 N–H and O–H groups in total. The van der Waals surface area contributed by atoms with Crippen molar-refractivity contribution >= 4 is 17.7 Å². The SMILES string of the molecule is CCCn1nc2c(c1-c1ccc(Cl)cc1)CCN(C(=O)OC(C)(C)C)CC2. The number of hydrogen-bond donors (Lipinski definition) is 0. The number of benzene rings is 1. The van der Waals surface area contributed by atoms with Gasteiger partial charge in [-0.3, -0.25) is 4.68 Å². The highest BCUT2D eigenvalue weighted by Crippen LogP contribution is 2.30. The molecule has 0 saturated heterocycles. The zero-order chi connectivity index (χ0) is 19.6. The molecule has 0 bridgehead atoms. The molecule has 3 rings (SSSR count). The van der Waals surface area contributed by atoms with Crippen molar-refractivity contribution in [2.75, 3.05) is 13.1 Å². The Kier molecular flexibility index (Phi) is 5.80. The van der Waals surface area contributed by atoms with Crippen molar-refractivity contribution < 1.29 is 9.53 Å². The highest BCUT2D eigenvalue weighted by molar-refractivity contribution is 6.30. The molecule has 5 nitrogen and oxygen atoms in total. The molecular weight excluding hydrogens is 362 g/mol. The van der Waals surface area contributed by atoms with E-state index in [4.69, 9.17) is 21.4 Å². The molecule has 0 radical (unpaired) electrons. The molecule has 0 aliphatic carbocycles. The average molecular weight is 390 g/mol. The second-order valence-electron chi connectivity index (χ2n) is 7.97. The third-order valence-electron chi connectivity index (χ3n) is 4.59. The monoisotopic (exact) mass is 389 g/mol. The molecule has 2 heterocycles. The third kappa shape index (κ3) is 4.64. The van der Waals surface area contributed by atoms with Crippen molar-refractivity contribution in [2.45, 2.75) is 59.1 Å². The van der Waals surface area contributed by atoms with Crippen LogP contribution >= 0.6 is 11.6 Å². The summed E-state index contributed by atoms with van der Waals surface area (Å²) in [5.41, 5.74) is 4.10. The lowest BCUT2D eigenvalue weighted by molar-refractivity contribution is 0.0258. The summed E-state index contributed by atoms with van der Waals surface area (Å²) in [6.07, 6.45) is 2.29. The Morgan fingerprint density at radius 2 is 1.85 bits per heavy atom. The molecule has 6 heteroatoms. The molecule has 0 fully saturated rings. The topological polar surface area (TPSA) is 47.4 Å². The number of rotatable bonds is 3. The summed E-state index contributed by atoms with van der Waals surface area (Å²) in [5, 5.41) is 5.60. The number of amides is 1. The second-order valence-corrected chi connectivity index (χ2v) is 8.41. The van der Waals surface area contributed by atoms with E-state index in [0.717, 1.165) is 47.8 Å². The van der Waals surface area contributed by atoms with Gasteiger partial charge in [-0.1, -0.05) is 30.7 Å². The summed E-state index contributed by atoms with van der Waals surface area (Å²) in [7, 11) is 0. The smallest absolute Gasteiger partial charge is 0.410 e.